The van der Waals surface area contributed by atoms with Crippen LogP contribution in [0.1, 0.15) is 40.0 Å². The molecular formula is C17H32N2O2. The molecule has 0 spiro atoms. The van der Waals surface area contributed by atoms with Gasteiger partial charge in [-0.25, -0.2) is 0 Å². The van der Waals surface area contributed by atoms with E-state index in [2.05, 4.69) is 31.7 Å². The van der Waals surface area contributed by atoms with Crippen molar-refractivity contribution in [2.45, 2.75) is 40.0 Å². The van der Waals surface area contributed by atoms with Crippen LogP contribution in [0.4, 0.5) is 0 Å². The van der Waals surface area contributed by atoms with Crippen LogP contribution in [0.3, 0.4) is 0 Å². The molecule has 0 aromatic carbocycles. The van der Waals surface area contributed by atoms with Crippen LogP contribution in [0.5, 0.6) is 0 Å². The van der Waals surface area contributed by atoms with Crippen molar-refractivity contribution in [3.63, 3.8) is 0 Å². The fraction of sp³-hybridized carbons (Fsp3) is 0.824. The summed E-state index contributed by atoms with van der Waals surface area (Å²) in [5.74, 6) is 0.952. The van der Waals surface area contributed by atoms with Gasteiger partial charge in [-0.15, -0.1) is 0 Å². The zero-order valence-electron chi connectivity index (χ0n) is 14.2. The lowest BCUT2D eigenvalue weighted by Crippen LogP contribution is -2.36. The molecule has 1 fully saturated rings. The molecule has 1 saturated heterocycles. The number of hydrogen-bond donors (Lipinski definition) is 0. The first-order valence-electron chi connectivity index (χ1n) is 8.15. The number of methoxy groups -OCH3 is 1. The van der Waals surface area contributed by atoms with Crippen LogP contribution in [-0.2, 0) is 9.53 Å². The summed E-state index contributed by atoms with van der Waals surface area (Å²) in [7, 11) is 1.68. The van der Waals surface area contributed by atoms with Crippen molar-refractivity contribution in [3.05, 3.63) is 11.6 Å². The molecule has 0 aromatic heterocycles. The summed E-state index contributed by atoms with van der Waals surface area (Å²) in [5, 5.41) is 0. The minimum Gasteiger partial charge on any atom is -0.383 e. The topological polar surface area (TPSA) is 32.8 Å². The van der Waals surface area contributed by atoms with E-state index >= 15 is 0 Å². The predicted octanol–water partition coefficient (Wildman–Crippen LogP) is 2.55. The standard InChI is InChI=1S/C17H32N2O2/c1-15(2)6-5-7-16(3)14-18-9-8-17(20)19(11-10-18)12-13-21-4/h6,16H,5,7-14H2,1-4H3. The number of allylic oxidation sites excluding steroid dienone is 2. The Kier molecular flexibility index (Phi) is 8.62. The van der Waals surface area contributed by atoms with Crippen LogP contribution in [0.15, 0.2) is 11.6 Å². The molecule has 21 heavy (non-hydrogen) atoms. The first-order valence-corrected chi connectivity index (χ1v) is 8.15. The summed E-state index contributed by atoms with van der Waals surface area (Å²) in [6, 6.07) is 0. The van der Waals surface area contributed by atoms with Gasteiger partial charge in [-0.05, 0) is 32.6 Å². The Morgan fingerprint density at radius 3 is 2.76 bits per heavy atom. The van der Waals surface area contributed by atoms with Crippen molar-refractivity contribution in [2.75, 3.05) is 46.4 Å². The van der Waals surface area contributed by atoms with E-state index in [0.717, 1.165) is 39.1 Å². The van der Waals surface area contributed by atoms with E-state index in [1.54, 1.807) is 7.11 Å². The van der Waals surface area contributed by atoms with Crippen molar-refractivity contribution in [2.24, 2.45) is 5.92 Å². The van der Waals surface area contributed by atoms with Gasteiger partial charge < -0.3 is 14.5 Å². The first kappa shape index (κ1) is 18.2. The van der Waals surface area contributed by atoms with Crippen molar-refractivity contribution in [1.82, 2.24) is 9.80 Å². The molecule has 1 unspecified atom stereocenters. The van der Waals surface area contributed by atoms with Crippen LogP contribution in [0.25, 0.3) is 0 Å². The zero-order chi connectivity index (χ0) is 15.7. The van der Waals surface area contributed by atoms with Crippen molar-refractivity contribution in [3.8, 4) is 0 Å². The number of hydrogen-bond acceptors (Lipinski definition) is 3. The van der Waals surface area contributed by atoms with Crippen LogP contribution in [0, 0.1) is 5.92 Å². The van der Waals surface area contributed by atoms with E-state index in [0.29, 0.717) is 18.9 Å². The van der Waals surface area contributed by atoms with E-state index < -0.39 is 0 Å². The SMILES string of the molecule is COCCN1CCN(CC(C)CCC=C(C)C)CCC1=O. The predicted molar refractivity (Wildman–Crippen MR) is 87.3 cm³/mol. The van der Waals surface area contributed by atoms with Crippen LogP contribution in [0.2, 0.25) is 0 Å². The summed E-state index contributed by atoms with van der Waals surface area (Å²) < 4.78 is 5.08. The van der Waals surface area contributed by atoms with Crippen LogP contribution in [-0.4, -0.2) is 62.1 Å². The summed E-state index contributed by atoms with van der Waals surface area (Å²) in [6.07, 6.45) is 5.35. The van der Waals surface area contributed by atoms with E-state index in [1.165, 1.54) is 12.0 Å². The van der Waals surface area contributed by atoms with Gasteiger partial charge in [-0.1, -0.05) is 18.6 Å². The fourth-order valence-electron chi connectivity index (χ4n) is 2.72. The minimum atomic E-state index is 0.270. The average molecular weight is 296 g/mol. The molecule has 1 atom stereocenters. The highest BCUT2D eigenvalue weighted by molar-refractivity contribution is 5.76. The Bertz CT molecular complexity index is 338. The van der Waals surface area contributed by atoms with E-state index in [9.17, 15) is 4.79 Å². The molecule has 122 valence electrons. The summed E-state index contributed by atoms with van der Waals surface area (Å²) >= 11 is 0. The lowest BCUT2D eigenvalue weighted by atomic mass is 10.0. The smallest absolute Gasteiger partial charge is 0.223 e. The molecular weight excluding hydrogens is 264 g/mol. The first-order chi connectivity index (χ1) is 10.0. The lowest BCUT2D eigenvalue weighted by Gasteiger charge is -2.24. The number of nitrogens with zero attached hydrogens (tertiary/aromatic N) is 2. The molecule has 0 bridgehead atoms. The van der Waals surface area contributed by atoms with Gasteiger partial charge in [0.15, 0.2) is 0 Å². The third kappa shape index (κ3) is 7.63. The maximum absolute atomic E-state index is 12.0. The zero-order valence-corrected chi connectivity index (χ0v) is 14.2. The molecule has 1 aliphatic heterocycles. The van der Waals surface area contributed by atoms with Gasteiger partial charge in [0.25, 0.3) is 0 Å². The Labute approximate surface area is 130 Å². The molecule has 0 radical (unpaired) electrons. The highest BCUT2D eigenvalue weighted by Crippen LogP contribution is 2.12. The van der Waals surface area contributed by atoms with Gasteiger partial charge >= 0.3 is 0 Å². The molecule has 4 heteroatoms. The number of carbonyl (C=O) groups is 1. The van der Waals surface area contributed by atoms with Gasteiger partial charge in [0, 0.05) is 46.3 Å². The molecule has 0 aromatic rings. The van der Waals surface area contributed by atoms with Gasteiger partial charge in [-0.2, -0.15) is 0 Å². The molecule has 1 heterocycles. The summed E-state index contributed by atoms with van der Waals surface area (Å²) in [4.78, 5) is 16.4. The lowest BCUT2D eigenvalue weighted by molar-refractivity contribution is -0.130. The summed E-state index contributed by atoms with van der Waals surface area (Å²) in [6.45, 7) is 11.8. The van der Waals surface area contributed by atoms with E-state index in [-0.39, 0.29) is 5.91 Å². The molecule has 0 saturated carbocycles. The minimum absolute atomic E-state index is 0.270. The highest BCUT2D eigenvalue weighted by Gasteiger charge is 2.21. The maximum Gasteiger partial charge on any atom is 0.223 e. The Morgan fingerprint density at radius 1 is 1.33 bits per heavy atom. The quantitative estimate of drug-likeness (QED) is 0.645. The maximum atomic E-state index is 12.0. The van der Waals surface area contributed by atoms with Gasteiger partial charge in [0.05, 0.1) is 6.61 Å². The second kappa shape index (κ2) is 9.96. The van der Waals surface area contributed by atoms with Crippen molar-refractivity contribution >= 4 is 5.91 Å². The largest absolute Gasteiger partial charge is 0.383 e. The molecule has 0 aliphatic carbocycles. The average Bonchev–Trinajstić information content (AvgIpc) is 2.59. The molecule has 4 nitrogen and oxygen atoms in total. The molecule has 1 rings (SSSR count). The van der Waals surface area contributed by atoms with Crippen LogP contribution >= 0.6 is 0 Å². The second-order valence-electron chi connectivity index (χ2n) is 6.39. The normalized spacial score (nSPS) is 18.5. The second-order valence-corrected chi connectivity index (χ2v) is 6.39. The number of amides is 1. The van der Waals surface area contributed by atoms with Gasteiger partial charge in [0.1, 0.15) is 0 Å². The van der Waals surface area contributed by atoms with Crippen molar-refractivity contribution in [1.29, 1.82) is 0 Å². The third-order valence-electron chi connectivity index (χ3n) is 4.03. The number of rotatable bonds is 8. The molecule has 0 N–H and O–H groups in total. The van der Waals surface area contributed by atoms with Gasteiger partial charge in [0.2, 0.25) is 5.91 Å². The van der Waals surface area contributed by atoms with E-state index in [1.807, 2.05) is 4.90 Å². The van der Waals surface area contributed by atoms with Gasteiger partial charge in [-0.3, -0.25) is 4.79 Å². The monoisotopic (exact) mass is 296 g/mol. The van der Waals surface area contributed by atoms with Crippen molar-refractivity contribution < 1.29 is 9.53 Å². The Hall–Kier alpha value is -0.870. The highest BCUT2D eigenvalue weighted by atomic mass is 16.5. The van der Waals surface area contributed by atoms with E-state index in [4.69, 9.17) is 4.74 Å². The van der Waals surface area contributed by atoms with Crippen LogP contribution < -0.4 is 0 Å². The fourth-order valence-corrected chi connectivity index (χ4v) is 2.72. The Morgan fingerprint density at radius 2 is 2.10 bits per heavy atom. The third-order valence-corrected chi connectivity index (χ3v) is 4.03. The Balaban J connectivity index is 2.33. The summed E-state index contributed by atoms with van der Waals surface area (Å²) in [5.41, 5.74) is 1.40. The molecule has 1 aliphatic rings. The number of carbonyl (C=O) groups excluding carboxylic acids is 1. The molecule has 1 amide bonds. The number of ether oxygens (including phenoxy) is 1.